The van der Waals surface area contributed by atoms with Crippen molar-refractivity contribution in [3.63, 3.8) is 0 Å². The molecule has 4 aromatic rings. The molecule has 50 heavy (non-hydrogen) atoms. The van der Waals surface area contributed by atoms with E-state index in [4.69, 9.17) is 19.3 Å². The number of ether oxygens (including phenoxy) is 2. The van der Waals surface area contributed by atoms with E-state index in [1.54, 1.807) is 6.92 Å². The van der Waals surface area contributed by atoms with Crippen LogP contribution in [0.2, 0.25) is 0 Å². The number of aromatic amines is 1. The second-order valence-electron chi connectivity index (χ2n) is 12.6. The molecule has 3 N–H and O–H groups in total. The highest BCUT2D eigenvalue weighted by Crippen LogP contribution is 2.42. The summed E-state index contributed by atoms with van der Waals surface area (Å²) in [5.41, 5.74) is 1.26. The van der Waals surface area contributed by atoms with Gasteiger partial charge in [-0.3, -0.25) is 14.3 Å². The lowest BCUT2D eigenvalue weighted by atomic mass is 9.80. The second-order valence-corrected chi connectivity index (χ2v) is 13.8. The lowest BCUT2D eigenvalue weighted by Gasteiger charge is -2.37. The maximum Gasteiger partial charge on any atom is 0.330 e. The summed E-state index contributed by atoms with van der Waals surface area (Å²) in [6.45, 7) is 10.0. The van der Waals surface area contributed by atoms with Crippen molar-refractivity contribution in [1.29, 1.82) is 5.26 Å². The minimum Gasteiger partial charge on any atom is -0.390 e. The number of hydrogen-bond acceptors (Lipinski definition) is 9. The number of rotatable bonds is 13. The summed E-state index contributed by atoms with van der Waals surface area (Å²) in [6.07, 6.45) is -0.253. The number of nitriles is 1. The van der Waals surface area contributed by atoms with Crippen LogP contribution in [0.3, 0.4) is 0 Å². The SMILES string of the molecule is CC(C)N(C(C)C)P(O)OCCC#N.Cc1cn([C@H]2C[C@H](O)[C@@H](COC(c3ccccc3)(c3ccccc3)c3ccccc3)O2)c(=O)[nH]c1=O. The number of aromatic nitrogens is 2. The fourth-order valence-corrected chi connectivity index (χ4v) is 7.22. The van der Waals surface area contributed by atoms with E-state index in [1.165, 1.54) is 10.8 Å². The molecule has 3 aromatic carbocycles. The van der Waals surface area contributed by atoms with E-state index < -0.39 is 43.8 Å². The number of aliphatic hydroxyl groups excluding tert-OH is 1. The van der Waals surface area contributed by atoms with Gasteiger partial charge in [-0.05, 0) is 51.3 Å². The van der Waals surface area contributed by atoms with Crippen LogP contribution in [0.15, 0.2) is 107 Å². The molecule has 0 radical (unpaired) electrons. The van der Waals surface area contributed by atoms with Gasteiger partial charge in [0.05, 0.1) is 31.8 Å². The van der Waals surface area contributed by atoms with Crippen LogP contribution in [-0.4, -0.2) is 61.7 Å². The summed E-state index contributed by atoms with van der Waals surface area (Å²) < 4.78 is 21.3. The summed E-state index contributed by atoms with van der Waals surface area (Å²) in [5, 5.41) is 19.2. The van der Waals surface area contributed by atoms with Gasteiger partial charge in [0.1, 0.15) is 17.9 Å². The van der Waals surface area contributed by atoms with Crippen LogP contribution in [0.25, 0.3) is 0 Å². The summed E-state index contributed by atoms with van der Waals surface area (Å²) in [4.78, 5) is 36.2. The highest BCUT2D eigenvalue weighted by atomic mass is 31.2. The van der Waals surface area contributed by atoms with Crippen molar-refractivity contribution in [3.8, 4) is 6.07 Å². The summed E-state index contributed by atoms with van der Waals surface area (Å²) in [7, 11) is -1.55. The standard InChI is InChI=1S/C29H28N2O5.C9H19N2O2P/c1-20-18-31(28(34)30-27(20)33)26-17-24(32)25(36-26)19-35-29(21-11-5-2-6-12-21,22-13-7-3-8-14-22)23-15-9-4-10-16-23;1-8(2)11(9(3)4)14(12)13-7-5-6-10/h2-16,18,24-26,32H,17,19H2,1H3,(H,30,33,34);8-9,12H,5,7H2,1-4H3/t24-,25+,26+;/m0./s1. The predicted molar refractivity (Wildman–Crippen MR) is 193 cm³/mol. The number of hydrogen-bond donors (Lipinski definition) is 3. The minimum absolute atomic E-state index is 0.0768. The van der Waals surface area contributed by atoms with Crippen LogP contribution in [-0.2, 0) is 19.6 Å². The van der Waals surface area contributed by atoms with E-state index >= 15 is 0 Å². The summed E-state index contributed by atoms with van der Waals surface area (Å²) >= 11 is 0. The first kappa shape index (κ1) is 38.8. The largest absolute Gasteiger partial charge is 0.390 e. The van der Waals surface area contributed by atoms with Gasteiger partial charge in [0.15, 0.2) is 0 Å². The Morgan fingerprint density at radius 2 is 1.46 bits per heavy atom. The normalized spacial score (nSPS) is 18.1. The molecule has 1 saturated heterocycles. The Balaban J connectivity index is 0.000000341. The Hall–Kier alpha value is -3.98. The van der Waals surface area contributed by atoms with Gasteiger partial charge in [0.2, 0.25) is 0 Å². The Morgan fingerprint density at radius 1 is 0.960 bits per heavy atom. The third-order valence-electron chi connectivity index (χ3n) is 8.34. The van der Waals surface area contributed by atoms with E-state index in [0.717, 1.165) is 16.7 Å². The lowest BCUT2D eigenvalue weighted by Crippen LogP contribution is -2.38. The maximum absolute atomic E-state index is 12.4. The Bertz CT molecular complexity index is 1670. The molecule has 5 rings (SSSR count). The maximum atomic E-state index is 12.4. The molecule has 0 amide bonds. The zero-order chi connectivity index (χ0) is 36.3. The third kappa shape index (κ3) is 9.42. The van der Waals surface area contributed by atoms with Gasteiger partial charge < -0.3 is 24.0 Å². The monoisotopic (exact) mass is 702 g/mol. The van der Waals surface area contributed by atoms with Crippen molar-refractivity contribution in [1.82, 2.24) is 14.2 Å². The van der Waals surface area contributed by atoms with Crippen molar-refractivity contribution in [2.75, 3.05) is 13.2 Å². The molecule has 1 aliphatic rings. The van der Waals surface area contributed by atoms with Crippen molar-refractivity contribution in [3.05, 3.63) is 140 Å². The third-order valence-corrected chi connectivity index (χ3v) is 10.1. The molecule has 1 aliphatic heterocycles. The average Bonchev–Trinajstić information content (AvgIpc) is 3.48. The average molecular weight is 703 g/mol. The number of benzene rings is 3. The zero-order valence-electron chi connectivity index (χ0n) is 29.2. The second kappa shape index (κ2) is 18.3. The zero-order valence-corrected chi connectivity index (χ0v) is 30.1. The van der Waals surface area contributed by atoms with Crippen LogP contribution in [0.4, 0.5) is 0 Å². The smallest absolute Gasteiger partial charge is 0.330 e. The van der Waals surface area contributed by atoms with Gasteiger partial charge in [0, 0.05) is 30.3 Å². The first-order valence-corrected chi connectivity index (χ1v) is 17.9. The number of nitrogens with zero attached hydrogens (tertiary/aromatic N) is 3. The van der Waals surface area contributed by atoms with Crippen molar-refractivity contribution >= 4 is 8.53 Å². The first-order chi connectivity index (χ1) is 24.0. The Morgan fingerprint density at radius 3 is 1.92 bits per heavy atom. The topological polar surface area (TPSA) is 150 Å². The summed E-state index contributed by atoms with van der Waals surface area (Å²) in [5.74, 6) is 0. The predicted octanol–water partition coefficient (Wildman–Crippen LogP) is 5.76. The summed E-state index contributed by atoms with van der Waals surface area (Å²) in [6, 6.07) is 32.3. The van der Waals surface area contributed by atoms with Crippen LogP contribution < -0.4 is 11.2 Å². The molecule has 1 unspecified atom stereocenters. The molecule has 1 fully saturated rings. The highest BCUT2D eigenvalue weighted by molar-refractivity contribution is 7.43. The van der Waals surface area contributed by atoms with Crippen molar-refractivity contribution in [2.45, 2.75) is 83.6 Å². The molecule has 4 atom stereocenters. The quantitative estimate of drug-likeness (QED) is 0.0899. The molecule has 0 aliphatic carbocycles. The Labute approximate surface area is 294 Å². The van der Waals surface area contributed by atoms with E-state index in [1.807, 2.05) is 129 Å². The number of nitrogens with one attached hydrogen (secondary N) is 1. The highest BCUT2D eigenvalue weighted by Gasteiger charge is 2.42. The van der Waals surface area contributed by atoms with E-state index in [-0.39, 0.29) is 25.1 Å². The van der Waals surface area contributed by atoms with Crippen LogP contribution in [0.5, 0.6) is 0 Å². The molecular formula is C38H47N4O7P. The lowest BCUT2D eigenvalue weighted by molar-refractivity contribution is -0.0944. The van der Waals surface area contributed by atoms with Gasteiger partial charge in [-0.25, -0.2) is 9.46 Å². The van der Waals surface area contributed by atoms with Crippen LogP contribution >= 0.6 is 8.53 Å². The van der Waals surface area contributed by atoms with Gasteiger partial charge in [-0.1, -0.05) is 91.0 Å². The first-order valence-electron chi connectivity index (χ1n) is 16.7. The molecule has 266 valence electrons. The van der Waals surface area contributed by atoms with E-state index in [2.05, 4.69) is 4.98 Å². The molecule has 11 nitrogen and oxygen atoms in total. The Kier molecular flexibility index (Phi) is 14.2. The van der Waals surface area contributed by atoms with E-state index in [0.29, 0.717) is 18.6 Å². The van der Waals surface area contributed by atoms with Crippen molar-refractivity contribution < 1.29 is 24.0 Å². The number of aliphatic hydroxyl groups is 1. The number of H-pyrrole nitrogens is 1. The molecule has 1 aromatic heterocycles. The fourth-order valence-electron chi connectivity index (χ4n) is 6.04. The molecule has 0 bridgehead atoms. The van der Waals surface area contributed by atoms with Gasteiger partial charge in [-0.15, -0.1) is 0 Å². The van der Waals surface area contributed by atoms with Gasteiger partial charge in [0.25, 0.3) is 14.1 Å². The number of aryl methyl sites for hydroxylation is 1. The van der Waals surface area contributed by atoms with E-state index in [9.17, 15) is 19.6 Å². The molecule has 12 heteroatoms. The van der Waals surface area contributed by atoms with Crippen LogP contribution in [0, 0.1) is 18.3 Å². The van der Waals surface area contributed by atoms with Gasteiger partial charge in [-0.2, -0.15) is 5.26 Å². The molecule has 0 saturated carbocycles. The molecule has 0 spiro atoms. The van der Waals surface area contributed by atoms with Crippen molar-refractivity contribution in [2.24, 2.45) is 0 Å². The molecular weight excluding hydrogens is 655 g/mol. The van der Waals surface area contributed by atoms with Crippen LogP contribution in [0.1, 0.15) is 69.0 Å². The fraction of sp³-hybridized carbons (Fsp3) is 0.395. The van der Waals surface area contributed by atoms with Gasteiger partial charge >= 0.3 is 5.69 Å². The minimum atomic E-state index is -1.55. The molecule has 2 heterocycles.